The van der Waals surface area contributed by atoms with E-state index in [1.54, 1.807) is 0 Å². The molecule has 0 atom stereocenters. The molecule has 1 aromatic rings. The first-order valence-corrected chi connectivity index (χ1v) is 5.21. The highest BCUT2D eigenvalue weighted by Gasteiger charge is 2.10. The minimum Gasteiger partial charge on any atom is -0.394 e. The third-order valence-corrected chi connectivity index (χ3v) is 2.36. The van der Waals surface area contributed by atoms with Gasteiger partial charge in [-0.25, -0.2) is 9.48 Å². The van der Waals surface area contributed by atoms with Crippen LogP contribution in [0.4, 0.5) is 4.79 Å². The molecular formula is C6H10N6O3S. The lowest BCUT2D eigenvalue weighted by atomic mass is 10.7. The number of thioether (sulfide) groups is 1. The van der Waals surface area contributed by atoms with Crippen LogP contribution in [0.3, 0.4) is 0 Å². The SMILES string of the molecule is NC(=O)NC(=O)CSc1nnnn1CCO. The molecule has 88 valence electrons. The average molecular weight is 246 g/mol. The molecule has 0 saturated carbocycles. The maximum atomic E-state index is 11.1. The van der Waals surface area contributed by atoms with Gasteiger partial charge in [0.15, 0.2) is 0 Å². The molecule has 3 amide bonds. The van der Waals surface area contributed by atoms with Gasteiger partial charge in [0, 0.05) is 0 Å². The van der Waals surface area contributed by atoms with Crippen LogP contribution in [0.2, 0.25) is 0 Å². The van der Waals surface area contributed by atoms with Crippen LogP contribution < -0.4 is 11.1 Å². The van der Waals surface area contributed by atoms with Crippen molar-refractivity contribution in [3.05, 3.63) is 0 Å². The summed E-state index contributed by atoms with van der Waals surface area (Å²) in [7, 11) is 0. The summed E-state index contributed by atoms with van der Waals surface area (Å²) in [6.45, 7) is 0.138. The predicted molar refractivity (Wildman–Crippen MR) is 53.4 cm³/mol. The Balaban J connectivity index is 2.44. The molecule has 1 aromatic heterocycles. The van der Waals surface area contributed by atoms with Crippen molar-refractivity contribution in [1.82, 2.24) is 25.5 Å². The minimum absolute atomic E-state index is 0.0330. The molecule has 9 nitrogen and oxygen atoms in total. The molecule has 0 aromatic carbocycles. The van der Waals surface area contributed by atoms with E-state index in [4.69, 9.17) is 10.8 Å². The van der Waals surface area contributed by atoms with Crippen molar-refractivity contribution in [2.75, 3.05) is 12.4 Å². The fourth-order valence-electron chi connectivity index (χ4n) is 0.838. The summed E-state index contributed by atoms with van der Waals surface area (Å²) in [6, 6.07) is -0.902. The lowest BCUT2D eigenvalue weighted by Gasteiger charge is -2.01. The second kappa shape index (κ2) is 6.02. The van der Waals surface area contributed by atoms with Crippen molar-refractivity contribution in [3.63, 3.8) is 0 Å². The number of tetrazole rings is 1. The van der Waals surface area contributed by atoms with Gasteiger partial charge in [-0.3, -0.25) is 10.1 Å². The number of aromatic nitrogens is 4. The topological polar surface area (TPSA) is 136 Å². The maximum absolute atomic E-state index is 11.1. The Morgan fingerprint density at radius 2 is 2.31 bits per heavy atom. The molecular weight excluding hydrogens is 236 g/mol. The highest BCUT2D eigenvalue weighted by molar-refractivity contribution is 7.99. The summed E-state index contributed by atoms with van der Waals surface area (Å²) in [5.74, 6) is -0.564. The van der Waals surface area contributed by atoms with E-state index in [0.29, 0.717) is 5.16 Å². The zero-order valence-corrected chi connectivity index (χ0v) is 8.98. The van der Waals surface area contributed by atoms with Crippen LogP contribution >= 0.6 is 11.8 Å². The molecule has 0 spiro atoms. The molecule has 0 saturated heterocycles. The normalized spacial score (nSPS) is 10.1. The second-order valence-corrected chi connectivity index (χ2v) is 3.55. The molecule has 0 aliphatic heterocycles. The number of hydrogen-bond donors (Lipinski definition) is 3. The zero-order chi connectivity index (χ0) is 12.0. The lowest BCUT2D eigenvalue weighted by Crippen LogP contribution is -2.36. The van der Waals surface area contributed by atoms with Gasteiger partial charge in [0.2, 0.25) is 11.1 Å². The maximum Gasteiger partial charge on any atom is 0.318 e. The van der Waals surface area contributed by atoms with Gasteiger partial charge in [0.05, 0.1) is 18.9 Å². The molecule has 0 fully saturated rings. The van der Waals surface area contributed by atoms with Crippen molar-refractivity contribution in [2.45, 2.75) is 11.7 Å². The summed E-state index contributed by atoms with van der Waals surface area (Å²) in [5, 5.41) is 21.6. The van der Waals surface area contributed by atoms with Crippen molar-refractivity contribution < 1.29 is 14.7 Å². The van der Waals surface area contributed by atoms with E-state index in [2.05, 4.69) is 15.5 Å². The smallest absolute Gasteiger partial charge is 0.318 e. The molecule has 0 aliphatic carbocycles. The van der Waals surface area contributed by atoms with E-state index in [-0.39, 0.29) is 18.9 Å². The first kappa shape index (κ1) is 12.4. The highest BCUT2D eigenvalue weighted by atomic mass is 32.2. The minimum atomic E-state index is -0.902. The van der Waals surface area contributed by atoms with Crippen molar-refractivity contribution >= 4 is 23.7 Å². The number of nitrogens with two attached hydrogens (primary N) is 1. The Morgan fingerprint density at radius 3 is 2.94 bits per heavy atom. The van der Waals surface area contributed by atoms with Crippen LogP contribution in [0.25, 0.3) is 0 Å². The molecule has 1 heterocycles. The summed E-state index contributed by atoms with van der Waals surface area (Å²) < 4.78 is 1.35. The highest BCUT2D eigenvalue weighted by Crippen LogP contribution is 2.12. The lowest BCUT2D eigenvalue weighted by molar-refractivity contribution is -0.117. The number of hydrogen-bond acceptors (Lipinski definition) is 7. The molecule has 10 heteroatoms. The Bertz CT molecular complexity index is 380. The van der Waals surface area contributed by atoms with Crippen LogP contribution in [0.15, 0.2) is 5.16 Å². The van der Waals surface area contributed by atoms with Crippen LogP contribution in [-0.2, 0) is 11.3 Å². The number of rotatable bonds is 5. The monoisotopic (exact) mass is 246 g/mol. The average Bonchev–Trinajstić information content (AvgIpc) is 2.62. The van der Waals surface area contributed by atoms with Crippen molar-refractivity contribution in [3.8, 4) is 0 Å². The molecule has 0 radical (unpaired) electrons. The summed E-state index contributed by atoms with van der Waals surface area (Å²) >= 11 is 1.04. The van der Waals surface area contributed by atoms with Crippen LogP contribution in [0.5, 0.6) is 0 Å². The predicted octanol–water partition coefficient (Wildman–Crippen LogP) is -2.05. The van der Waals surface area contributed by atoms with Gasteiger partial charge < -0.3 is 10.8 Å². The van der Waals surface area contributed by atoms with E-state index < -0.39 is 11.9 Å². The molecule has 1 rings (SSSR count). The van der Waals surface area contributed by atoms with Gasteiger partial charge in [-0.2, -0.15) is 0 Å². The van der Waals surface area contributed by atoms with Gasteiger partial charge in [0.25, 0.3) is 0 Å². The number of imide groups is 1. The number of carbonyl (C=O) groups excluding carboxylic acids is 2. The van der Waals surface area contributed by atoms with Gasteiger partial charge in [-0.05, 0) is 10.4 Å². The number of nitrogens with zero attached hydrogens (tertiary/aromatic N) is 4. The summed E-state index contributed by atoms with van der Waals surface area (Å²) in [4.78, 5) is 21.4. The fraction of sp³-hybridized carbons (Fsp3) is 0.500. The van der Waals surface area contributed by atoms with Gasteiger partial charge in [-0.1, -0.05) is 11.8 Å². The number of primary amides is 1. The Hall–Kier alpha value is -1.68. The Morgan fingerprint density at radius 1 is 1.56 bits per heavy atom. The van der Waals surface area contributed by atoms with Gasteiger partial charge in [0.1, 0.15) is 0 Å². The van der Waals surface area contributed by atoms with Crippen LogP contribution in [0.1, 0.15) is 0 Å². The third-order valence-electron chi connectivity index (χ3n) is 1.41. The third kappa shape index (κ3) is 3.82. The molecule has 4 N–H and O–H groups in total. The molecule has 0 bridgehead atoms. The van der Waals surface area contributed by atoms with E-state index in [9.17, 15) is 9.59 Å². The quantitative estimate of drug-likeness (QED) is 0.509. The Labute approximate surface area is 94.4 Å². The van der Waals surface area contributed by atoms with Gasteiger partial charge >= 0.3 is 6.03 Å². The van der Waals surface area contributed by atoms with E-state index >= 15 is 0 Å². The summed E-state index contributed by atoms with van der Waals surface area (Å²) in [5.41, 5.74) is 4.76. The molecule has 0 aliphatic rings. The van der Waals surface area contributed by atoms with E-state index in [1.807, 2.05) is 5.32 Å². The molecule has 0 unspecified atom stereocenters. The van der Waals surface area contributed by atoms with Crippen molar-refractivity contribution in [1.29, 1.82) is 0 Å². The van der Waals surface area contributed by atoms with Gasteiger partial charge in [-0.15, -0.1) is 5.10 Å². The van der Waals surface area contributed by atoms with Crippen molar-refractivity contribution in [2.24, 2.45) is 5.73 Å². The Kier molecular flexibility index (Phi) is 4.66. The first-order chi connectivity index (χ1) is 7.63. The van der Waals surface area contributed by atoms with Crippen LogP contribution in [0, 0.1) is 0 Å². The molecule has 16 heavy (non-hydrogen) atoms. The van der Waals surface area contributed by atoms with E-state index in [0.717, 1.165) is 11.8 Å². The fourth-order valence-corrected chi connectivity index (χ4v) is 1.54. The number of urea groups is 1. The van der Waals surface area contributed by atoms with E-state index in [1.165, 1.54) is 4.68 Å². The number of carbonyl (C=O) groups is 2. The first-order valence-electron chi connectivity index (χ1n) is 4.22. The standard InChI is InChI=1S/C6H10N6O3S/c7-5(15)8-4(14)3-16-6-9-10-11-12(6)1-2-13/h13H,1-3H2,(H3,7,8,14,15). The van der Waals surface area contributed by atoms with Crippen LogP contribution in [-0.4, -0.2) is 49.6 Å². The number of aliphatic hydroxyl groups excluding tert-OH is 1. The second-order valence-electron chi connectivity index (χ2n) is 2.61. The number of amides is 3. The number of aliphatic hydroxyl groups is 1. The number of nitrogens with one attached hydrogen (secondary N) is 1. The largest absolute Gasteiger partial charge is 0.394 e. The zero-order valence-electron chi connectivity index (χ0n) is 8.16. The summed E-state index contributed by atoms with van der Waals surface area (Å²) in [6.07, 6.45) is 0.